The van der Waals surface area contributed by atoms with E-state index in [9.17, 15) is 0 Å². The lowest BCUT2D eigenvalue weighted by Gasteiger charge is -2.00. The topological polar surface area (TPSA) is 9.23 Å². The molecule has 0 aromatic carbocycles. The highest BCUT2D eigenvalue weighted by Gasteiger charge is 2.12. The van der Waals surface area contributed by atoms with Crippen LogP contribution in [0.1, 0.15) is 58.6 Å². The third-order valence-electron chi connectivity index (χ3n) is 1.11. The Morgan fingerprint density at radius 3 is 2.00 bits per heavy atom. The van der Waals surface area contributed by atoms with Crippen molar-refractivity contribution in [2.45, 2.75) is 60.5 Å². The highest BCUT2D eigenvalue weighted by atomic mass is 127. The van der Waals surface area contributed by atoms with Crippen molar-refractivity contribution in [3.05, 3.63) is 0 Å². The molecule has 1 rings (SSSR count). The van der Waals surface area contributed by atoms with Gasteiger partial charge in [-0.05, 0) is 19.1 Å². The van der Waals surface area contributed by atoms with Crippen molar-refractivity contribution in [3.8, 4) is 0 Å². The molecule has 1 saturated heterocycles. The maximum Gasteiger partial charge on any atom is 0.269 e. The van der Waals surface area contributed by atoms with E-state index in [1.165, 1.54) is 0 Å². The van der Waals surface area contributed by atoms with Crippen LogP contribution in [0, 0.1) is 0 Å². The highest BCUT2D eigenvalue weighted by Crippen LogP contribution is 2.13. The predicted octanol–water partition coefficient (Wildman–Crippen LogP) is 5.62. The molecule has 4 heteroatoms. The predicted molar refractivity (Wildman–Crippen MR) is 91.4 cm³/mol. The molecule has 0 N–H and O–H groups in total. The molecule has 0 spiro atoms. The average molecular weight is 376 g/mol. The van der Waals surface area contributed by atoms with Gasteiger partial charge in [-0.15, -0.1) is 0 Å². The van der Waals surface area contributed by atoms with Gasteiger partial charge in [-0.25, -0.2) is 0 Å². The maximum absolute atomic E-state index is 8.75. The summed E-state index contributed by atoms with van der Waals surface area (Å²) >= 11 is 5.54. The van der Waals surface area contributed by atoms with Crippen molar-refractivity contribution in [2.24, 2.45) is 0 Å². The summed E-state index contributed by atoms with van der Waals surface area (Å²) in [6.45, 7) is 12.9. The van der Waals surface area contributed by atoms with Crippen LogP contribution in [0.2, 0.25) is 0 Å². The number of rotatable bonds is 1. The van der Waals surface area contributed by atoms with Gasteiger partial charge in [-0.1, -0.05) is 64.1 Å². The largest absolute Gasteiger partial charge is 0.377 e. The van der Waals surface area contributed by atoms with Crippen LogP contribution in [-0.4, -0.2) is 24.8 Å². The first kappa shape index (κ1) is 19.3. The van der Waals surface area contributed by atoms with Crippen LogP contribution in [0.25, 0.3) is 0 Å². The Balaban J connectivity index is -0.0000000352. The van der Waals surface area contributed by atoms with Crippen molar-refractivity contribution >= 4 is 35.2 Å². The summed E-state index contributed by atoms with van der Waals surface area (Å²) in [7, 11) is 0. The van der Waals surface area contributed by atoms with Gasteiger partial charge in [-0.3, -0.25) is 4.72 Å². The SMILES string of the molecule is CC.CC.CC.[2H]C(I)C1CCCO1.[2H]F.[3H]CS.[HH]. The Hall–Kier alpha value is 0.970. The summed E-state index contributed by atoms with van der Waals surface area (Å²) in [5, 5.41) is 0. The van der Waals surface area contributed by atoms with Crippen molar-refractivity contribution in [1.29, 1.82) is 1.45 Å². The van der Waals surface area contributed by atoms with E-state index in [4.69, 9.17) is 12.2 Å². The zero-order valence-electron chi connectivity index (χ0n) is 14.6. The molecule has 2 unspecified atom stereocenters. The quantitative estimate of drug-likeness (QED) is 0.355. The molecule has 2 atom stereocenters. The smallest absolute Gasteiger partial charge is 0.269 e. The molecule has 0 aromatic rings. The maximum atomic E-state index is 8.75. The van der Waals surface area contributed by atoms with Crippen molar-refractivity contribution in [3.63, 3.8) is 0 Å². The summed E-state index contributed by atoms with van der Waals surface area (Å²) in [5.41, 5.74) is 0. The van der Waals surface area contributed by atoms with E-state index in [0.29, 0.717) is 0 Å². The fourth-order valence-corrected chi connectivity index (χ4v) is 1.27. The molecule has 16 heavy (non-hydrogen) atoms. The van der Waals surface area contributed by atoms with Crippen LogP contribution in [0.3, 0.4) is 0 Å². The molecule has 0 radical (unpaired) electrons. The molecule has 1 aliphatic heterocycles. The van der Waals surface area contributed by atoms with E-state index in [2.05, 4.69) is 36.7 Å². The summed E-state index contributed by atoms with van der Waals surface area (Å²) in [6.07, 6.45) is 2.63. The van der Waals surface area contributed by atoms with Gasteiger partial charge in [0.15, 0.2) is 0 Å². The summed E-state index contributed by atoms with van der Waals surface area (Å²) in [4.78, 5) is 0. The lowest BCUT2D eigenvalue weighted by Crippen LogP contribution is -2.04. The van der Waals surface area contributed by atoms with Gasteiger partial charge in [0, 0.05) is 15.2 Å². The first-order chi connectivity index (χ1) is 9.22. The summed E-state index contributed by atoms with van der Waals surface area (Å²) < 4.78 is 31.5. The van der Waals surface area contributed by atoms with Gasteiger partial charge in [0.25, 0.3) is 1.45 Å². The van der Waals surface area contributed by atoms with Crippen molar-refractivity contribution in [1.82, 2.24) is 0 Å². The third-order valence-corrected chi connectivity index (χ3v) is 1.91. The normalized spacial score (nSPS) is 19.3. The third kappa shape index (κ3) is 29.4. The molecule has 0 amide bonds. The van der Waals surface area contributed by atoms with Crippen LogP contribution in [0.5, 0.6) is 0 Å². The number of thiol groups is 1. The Morgan fingerprint density at radius 1 is 1.50 bits per heavy atom. The Bertz CT molecular complexity index is 104. The van der Waals surface area contributed by atoms with Crippen LogP contribution in [0.4, 0.5) is 4.72 Å². The summed E-state index contributed by atoms with van der Waals surface area (Å²) in [6, 6.07) is 0. The second-order valence-electron chi connectivity index (χ2n) is 1.68. The number of ether oxygens (including phenoxy) is 1. The van der Waals surface area contributed by atoms with Crippen LogP contribution < -0.4 is 0 Å². The van der Waals surface area contributed by atoms with E-state index < -0.39 is 0 Å². The minimum atomic E-state index is -0.0601. The van der Waals surface area contributed by atoms with E-state index >= 15 is 0 Å². The molecule has 0 saturated carbocycles. The number of alkyl halides is 1. The van der Waals surface area contributed by atoms with E-state index in [1.54, 1.807) is 0 Å². The van der Waals surface area contributed by atoms with Gasteiger partial charge in [0.1, 0.15) is 0 Å². The van der Waals surface area contributed by atoms with E-state index in [0.717, 1.165) is 19.4 Å². The molecular weight excluding hydrogens is 338 g/mol. The lowest BCUT2D eigenvalue weighted by atomic mass is 10.3. The second kappa shape index (κ2) is 44.5. The number of halogens is 2. The zero-order valence-corrected chi connectivity index (χ0v) is 14.6. The highest BCUT2D eigenvalue weighted by molar-refractivity contribution is 14.1. The Morgan fingerprint density at radius 2 is 1.88 bits per heavy atom. The van der Waals surface area contributed by atoms with E-state index in [1.807, 2.05) is 41.5 Å². The molecule has 1 heterocycles. The van der Waals surface area contributed by atoms with Crippen molar-refractivity contribution in [2.75, 3.05) is 17.2 Å². The minimum Gasteiger partial charge on any atom is -0.377 e. The molecule has 1 aliphatic rings. The fourth-order valence-electron chi connectivity index (χ4n) is 0.702. The zero-order chi connectivity index (χ0) is 16.7. The lowest BCUT2D eigenvalue weighted by molar-refractivity contribution is 0.131. The Labute approximate surface area is 128 Å². The molecule has 0 aromatic heterocycles. The van der Waals surface area contributed by atoms with Crippen LogP contribution in [-0.2, 0) is 4.74 Å². The average Bonchev–Trinajstić information content (AvgIpc) is 3.03. The van der Waals surface area contributed by atoms with Gasteiger partial charge in [-0.2, -0.15) is 12.6 Å². The standard InChI is InChI=1S/C5H9IO.3C2H6.CH4S.FH.H2/c6-4-5-2-1-3-7-5;4*1-2;;/h5H,1-4H2;3*1-2H3;2H,1H3;2*1H/i4D;;;;1T;;/hD. The fraction of sp³-hybridized carbons (Fsp3) is 1.00. The molecule has 0 bridgehead atoms. The van der Waals surface area contributed by atoms with Gasteiger partial charge < -0.3 is 4.74 Å². The minimum absolute atomic E-state index is 0. The molecule has 108 valence electrons. The van der Waals surface area contributed by atoms with Gasteiger partial charge in [0.05, 0.1) is 6.10 Å². The van der Waals surface area contributed by atoms with Crippen LogP contribution >= 0.6 is 35.2 Å². The van der Waals surface area contributed by atoms with Crippen LogP contribution in [0.15, 0.2) is 0 Å². The molecule has 0 aliphatic carbocycles. The molecule has 1 fully saturated rings. The number of hydrogen-bond donors (Lipinski definition) is 1. The summed E-state index contributed by atoms with van der Waals surface area (Å²) in [5.74, 6) is 0. The first-order valence-electron chi connectivity index (χ1n) is 7.46. The monoisotopic (exact) mass is 376 g/mol. The second-order valence-corrected chi connectivity index (χ2v) is 2.40. The van der Waals surface area contributed by atoms with Gasteiger partial charge >= 0.3 is 0 Å². The van der Waals surface area contributed by atoms with Crippen molar-refractivity contribution < 1.29 is 13.6 Å². The Kier molecular flexibility index (Phi) is 53.7. The number of hydrogen-bond acceptors (Lipinski definition) is 2. The molecule has 1 nitrogen and oxygen atoms in total. The molecular formula is C12H34FIOS. The van der Waals surface area contributed by atoms with Gasteiger partial charge in [0.2, 0.25) is 0 Å². The first-order valence-corrected chi connectivity index (χ1v) is 7.68. The van der Waals surface area contributed by atoms with E-state index in [-0.39, 0.29) is 18.2 Å².